The number of aryl methyl sites for hydroxylation is 1. The van der Waals surface area contributed by atoms with Crippen LogP contribution in [0.1, 0.15) is 11.1 Å². The van der Waals surface area contributed by atoms with Gasteiger partial charge in [0.1, 0.15) is 5.58 Å². The van der Waals surface area contributed by atoms with E-state index in [9.17, 15) is 5.26 Å². The lowest BCUT2D eigenvalue weighted by Gasteiger charge is -2.14. The van der Waals surface area contributed by atoms with Gasteiger partial charge < -0.3 is 13.6 Å². The van der Waals surface area contributed by atoms with Gasteiger partial charge in [0.05, 0.1) is 46.0 Å². The van der Waals surface area contributed by atoms with Gasteiger partial charge in [0.2, 0.25) is 0 Å². The average Bonchev–Trinajstić information content (AvgIpc) is 3.71. The Morgan fingerprint density at radius 3 is 2.09 bits per heavy atom. The molecule has 0 aliphatic rings. The molecule has 9 rings (SSSR count). The molecule has 204 valence electrons. The third kappa shape index (κ3) is 3.27. The minimum absolute atomic E-state index is 0.620. The van der Waals surface area contributed by atoms with E-state index in [0.717, 1.165) is 82.5 Å². The highest BCUT2D eigenvalue weighted by Crippen LogP contribution is 2.42. The van der Waals surface area contributed by atoms with Crippen LogP contribution < -0.4 is 0 Å². The Balaban J connectivity index is 1.48. The van der Waals surface area contributed by atoms with Gasteiger partial charge in [-0.15, -0.1) is 0 Å². The first kappa shape index (κ1) is 24.3. The molecule has 0 saturated heterocycles. The van der Waals surface area contributed by atoms with Crippen molar-refractivity contribution >= 4 is 71.2 Å². The molecular formula is C39H22N4O. The number of rotatable bonds is 2. The summed E-state index contributed by atoms with van der Waals surface area (Å²) in [5.41, 5.74) is 10.1. The standard InChI is InChI=1S/C39H22N4O/c1-23-11-16-38-31(17-23)32-20-26(42-33-9-5-3-8-28(33)30-19-25(41-2)13-15-35(30)42)21-37(39(32)44-38)43-34-10-6-4-7-27(34)29-18-24(22-40)12-14-36(29)43/h3-21H,1H3. The maximum atomic E-state index is 9.69. The quantitative estimate of drug-likeness (QED) is 0.197. The molecule has 0 unspecified atom stereocenters. The topological polar surface area (TPSA) is 51.1 Å². The van der Waals surface area contributed by atoms with E-state index in [1.54, 1.807) is 0 Å². The summed E-state index contributed by atoms with van der Waals surface area (Å²) < 4.78 is 11.2. The Morgan fingerprint density at radius 1 is 0.636 bits per heavy atom. The van der Waals surface area contributed by atoms with Gasteiger partial charge in [-0.25, -0.2) is 4.85 Å². The van der Waals surface area contributed by atoms with Crippen LogP contribution in [0.2, 0.25) is 0 Å². The fourth-order valence-electron chi connectivity index (χ4n) is 6.87. The zero-order chi connectivity index (χ0) is 29.5. The minimum atomic E-state index is 0.620. The van der Waals surface area contributed by atoms with Crippen LogP contribution >= 0.6 is 0 Å². The number of furan rings is 1. The fourth-order valence-corrected chi connectivity index (χ4v) is 6.87. The van der Waals surface area contributed by atoms with E-state index in [-0.39, 0.29) is 0 Å². The molecule has 6 aromatic carbocycles. The normalized spacial score (nSPS) is 11.7. The molecule has 5 nitrogen and oxygen atoms in total. The molecule has 0 aliphatic carbocycles. The van der Waals surface area contributed by atoms with Gasteiger partial charge in [0.25, 0.3) is 0 Å². The van der Waals surface area contributed by atoms with Crippen molar-refractivity contribution in [1.82, 2.24) is 9.13 Å². The highest BCUT2D eigenvalue weighted by molar-refractivity contribution is 6.15. The fraction of sp³-hybridized carbons (Fsp3) is 0.0256. The van der Waals surface area contributed by atoms with Crippen molar-refractivity contribution in [3.8, 4) is 17.4 Å². The predicted octanol–water partition coefficient (Wildman–Crippen LogP) is 10.5. The third-order valence-electron chi connectivity index (χ3n) is 8.78. The zero-order valence-electron chi connectivity index (χ0n) is 23.7. The Kier molecular flexibility index (Phi) is 4.89. The molecule has 0 saturated carbocycles. The third-order valence-corrected chi connectivity index (χ3v) is 8.78. The van der Waals surface area contributed by atoms with E-state index in [1.807, 2.05) is 60.7 Å². The number of aromatic nitrogens is 2. The second-order valence-corrected chi connectivity index (χ2v) is 11.3. The van der Waals surface area contributed by atoms with Gasteiger partial charge in [0.15, 0.2) is 11.3 Å². The molecule has 0 atom stereocenters. The van der Waals surface area contributed by atoms with E-state index in [4.69, 9.17) is 11.0 Å². The van der Waals surface area contributed by atoms with Gasteiger partial charge in [-0.2, -0.15) is 5.26 Å². The number of benzene rings is 6. The summed E-state index contributed by atoms with van der Waals surface area (Å²) >= 11 is 0. The molecule has 44 heavy (non-hydrogen) atoms. The van der Waals surface area contributed by atoms with Crippen molar-refractivity contribution in [1.29, 1.82) is 5.26 Å². The highest BCUT2D eigenvalue weighted by atomic mass is 16.3. The summed E-state index contributed by atoms with van der Waals surface area (Å²) in [6.45, 7) is 9.72. The summed E-state index contributed by atoms with van der Waals surface area (Å²) in [6, 6.07) is 41.5. The number of fused-ring (bicyclic) bond motifs is 9. The van der Waals surface area contributed by atoms with Gasteiger partial charge in [0, 0.05) is 32.6 Å². The summed E-state index contributed by atoms with van der Waals surface area (Å²) in [6.07, 6.45) is 0. The van der Waals surface area contributed by atoms with Crippen molar-refractivity contribution in [2.75, 3.05) is 0 Å². The first-order chi connectivity index (χ1) is 21.6. The zero-order valence-corrected chi connectivity index (χ0v) is 23.7. The molecule has 3 aromatic heterocycles. The minimum Gasteiger partial charge on any atom is -0.454 e. The van der Waals surface area contributed by atoms with E-state index >= 15 is 0 Å². The van der Waals surface area contributed by atoms with Crippen LogP contribution in [0.25, 0.3) is 81.8 Å². The average molecular weight is 563 g/mol. The molecule has 0 fully saturated rings. The SMILES string of the molecule is [C-]#[N+]c1ccc2c(c1)c1ccccc1n2-c1cc(-n2c3ccccc3c3cc(C#N)ccc32)c2oc3ccc(C)cc3c2c1. The molecule has 0 amide bonds. The Bertz CT molecular complexity index is 2760. The van der Waals surface area contributed by atoms with Crippen LogP contribution in [-0.4, -0.2) is 9.13 Å². The lowest BCUT2D eigenvalue weighted by atomic mass is 10.1. The number of nitrogens with zero attached hydrogens (tertiary/aromatic N) is 4. The van der Waals surface area contributed by atoms with E-state index in [2.05, 4.69) is 81.6 Å². The maximum absolute atomic E-state index is 9.69. The van der Waals surface area contributed by atoms with Crippen molar-refractivity contribution < 1.29 is 4.42 Å². The first-order valence-corrected chi connectivity index (χ1v) is 14.4. The lowest BCUT2D eigenvalue weighted by molar-refractivity contribution is 0.666. The van der Waals surface area contributed by atoms with Crippen molar-refractivity contribution in [2.45, 2.75) is 6.92 Å². The van der Waals surface area contributed by atoms with Crippen molar-refractivity contribution in [3.63, 3.8) is 0 Å². The Labute approximate surface area is 251 Å². The molecule has 9 aromatic rings. The van der Waals surface area contributed by atoms with E-state index in [0.29, 0.717) is 11.3 Å². The van der Waals surface area contributed by atoms with Crippen LogP contribution in [0.5, 0.6) is 0 Å². The number of nitriles is 1. The van der Waals surface area contributed by atoms with Gasteiger partial charge in [-0.1, -0.05) is 54.1 Å². The van der Waals surface area contributed by atoms with Gasteiger partial charge in [-0.3, -0.25) is 0 Å². The number of hydrogen-bond acceptors (Lipinski definition) is 2. The van der Waals surface area contributed by atoms with Crippen LogP contribution in [0, 0.1) is 24.8 Å². The molecule has 0 bridgehead atoms. The summed E-state index contributed by atoms with van der Waals surface area (Å²) in [4.78, 5) is 3.71. The second kappa shape index (κ2) is 8.85. The van der Waals surface area contributed by atoms with Gasteiger partial charge in [-0.05, 0) is 79.0 Å². The molecule has 3 heterocycles. The van der Waals surface area contributed by atoms with Gasteiger partial charge >= 0.3 is 0 Å². The molecule has 5 heteroatoms. The Hall–Kier alpha value is -6.30. The first-order valence-electron chi connectivity index (χ1n) is 14.4. The summed E-state index contributed by atoms with van der Waals surface area (Å²) in [5.74, 6) is 0. The summed E-state index contributed by atoms with van der Waals surface area (Å²) in [5, 5.41) is 16.0. The molecule has 0 aliphatic heterocycles. The molecular weight excluding hydrogens is 540 g/mol. The summed E-state index contributed by atoms with van der Waals surface area (Å²) in [7, 11) is 0. The molecule has 0 spiro atoms. The van der Waals surface area contributed by atoms with E-state index in [1.165, 1.54) is 0 Å². The molecule has 0 radical (unpaired) electrons. The van der Waals surface area contributed by atoms with Crippen LogP contribution in [0.15, 0.2) is 120 Å². The number of hydrogen-bond donors (Lipinski definition) is 0. The predicted molar refractivity (Wildman–Crippen MR) is 178 cm³/mol. The maximum Gasteiger partial charge on any atom is 0.188 e. The highest BCUT2D eigenvalue weighted by Gasteiger charge is 2.21. The van der Waals surface area contributed by atoms with Crippen molar-refractivity contribution in [3.05, 3.63) is 138 Å². The second-order valence-electron chi connectivity index (χ2n) is 11.3. The lowest BCUT2D eigenvalue weighted by Crippen LogP contribution is -1.99. The van der Waals surface area contributed by atoms with Crippen LogP contribution in [0.3, 0.4) is 0 Å². The van der Waals surface area contributed by atoms with Crippen LogP contribution in [0.4, 0.5) is 5.69 Å². The largest absolute Gasteiger partial charge is 0.454 e. The molecule has 0 N–H and O–H groups in total. The smallest absolute Gasteiger partial charge is 0.188 e. The van der Waals surface area contributed by atoms with E-state index < -0.39 is 0 Å². The van der Waals surface area contributed by atoms with Crippen LogP contribution in [-0.2, 0) is 0 Å². The van der Waals surface area contributed by atoms with Crippen molar-refractivity contribution in [2.24, 2.45) is 0 Å². The number of para-hydroxylation sites is 2. The monoisotopic (exact) mass is 562 g/mol. The Morgan fingerprint density at radius 2 is 1.32 bits per heavy atom.